The summed E-state index contributed by atoms with van der Waals surface area (Å²) in [5.74, 6) is 0. The van der Waals surface area contributed by atoms with E-state index in [-0.39, 0.29) is 0 Å². The molecule has 0 heterocycles. The third-order valence-electron chi connectivity index (χ3n) is 3.18. The zero-order valence-corrected chi connectivity index (χ0v) is 14.2. The summed E-state index contributed by atoms with van der Waals surface area (Å²) >= 11 is 3.34. The van der Waals surface area contributed by atoms with Crippen molar-refractivity contribution in [2.75, 3.05) is 6.54 Å². The van der Waals surface area contributed by atoms with Crippen LogP contribution >= 0.6 is 15.9 Å². The highest BCUT2D eigenvalue weighted by Crippen LogP contribution is 2.12. The number of sulfonamides is 1. The molecule has 21 heavy (non-hydrogen) atoms. The van der Waals surface area contributed by atoms with Gasteiger partial charge in [-0.2, -0.15) is 0 Å². The fourth-order valence-electron chi connectivity index (χ4n) is 2.04. The van der Waals surface area contributed by atoms with Crippen molar-refractivity contribution in [3.05, 3.63) is 65.2 Å². The smallest absolute Gasteiger partial charge is 0.211 e. The van der Waals surface area contributed by atoms with Crippen LogP contribution < -0.4 is 4.72 Å². The number of aryl methyl sites for hydroxylation is 1. The highest BCUT2D eigenvalue weighted by molar-refractivity contribution is 9.08. The molecule has 112 valence electrons. The molecule has 0 fully saturated rings. The minimum Gasteiger partial charge on any atom is -0.211 e. The second-order valence-electron chi connectivity index (χ2n) is 4.91. The van der Waals surface area contributed by atoms with Crippen molar-refractivity contribution in [3.63, 3.8) is 0 Å². The van der Waals surface area contributed by atoms with Gasteiger partial charge < -0.3 is 0 Å². The van der Waals surface area contributed by atoms with Crippen LogP contribution in [0.2, 0.25) is 0 Å². The summed E-state index contributed by atoms with van der Waals surface area (Å²) in [5.41, 5.74) is 3.36. The maximum absolute atomic E-state index is 12.2. The summed E-state index contributed by atoms with van der Waals surface area (Å²) in [5, 5.41) is 0.716. The van der Waals surface area contributed by atoms with Crippen molar-refractivity contribution in [3.8, 4) is 0 Å². The molecule has 0 saturated carbocycles. The predicted molar refractivity (Wildman–Crippen MR) is 89.1 cm³/mol. The minimum atomic E-state index is -3.43. The average Bonchev–Trinajstić information content (AvgIpc) is 2.47. The third-order valence-corrected chi connectivity index (χ3v) is 5.30. The van der Waals surface area contributed by atoms with Crippen molar-refractivity contribution in [2.45, 2.75) is 23.6 Å². The van der Waals surface area contributed by atoms with Crippen LogP contribution in [0, 0.1) is 6.92 Å². The fraction of sp³-hybridized carbons (Fsp3) is 0.250. The van der Waals surface area contributed by atoms with Crippen LogP contribution in [0.25, 0.3) is 0 Å². The Labute approximate surface area is 134 Å². The number of rotatable bonds is 6. The molecule has 0 aliphatic rings. The molecule has 2 aromatic carbocycles. The number of hydrogen-bond acceptors (Lipinski definition) is 2. The van der Waals surface area contributed by atoms with Gasteiger partial charge in [-0.25, -0.2) is 13.1 Å². The number of halogens is 1. The lowest BCUT2D eigenvalue weighted by molar-refractivity contribution is 0.581. The summed E-state index contributed by atoms with van der Waals surface area (Å²) in [7, 11) is -3.43. The van der Waals surface area contributed by atoms with Crippen LogP contribution in [0.15, 0.2) is 53.4 Å². The molecule has 0 bridgehead atoms. The topological polar surface area (TPSA) is 46.2 Å². The van der Waals surface area contributed by atoms with Crippen LogP contribution in [0.5, 0.6) is 0 Å². The van der Waals surface area contributed by atoms with Crippen molar-refractivity contribution >= 4 is 26.0 Å². The highest BCUT2D eigenvalue weighted by Gasteiger charge is 2.12. The molecule has 0 spiro atoms. The Kier molecular flexibility index (Phi) is 5.56. The van der Waals surface area contributed by atoms with Gasteiger partial charge in [-0.05, 0) is 36.6 Å². The van der Waals surface area contributed by atoms with Gasteiger partial charge in [0.05, 0.1) is 4.90 Å². The molecule has 0 aliphatic heterocycles. The van der Waals surface area contributed by atoms with E-state index in [0.717, 1.165) is 11.1 Å². The van der Waals surface area contributed by atoms with E-state index < -0.39 is 10.0 Å². The Morgan fingerprint density at radius 2 is 1.76 bits per heavy atom. The Bertz CT molecular complexity index is 696. The standard InChI is InChI=1S/C16H18BrNO2S/c1-13-3-2-4-14(11-13)9-10-18-21(19,20)16-7-5-15(12-17)6-8-16/h2-8,11,18H,9-10,12H2,1H3. The minimum absolute atomic E-state index is 0.302. The number of nitrogens with one attached hydrogen (secondary N) is 1. The number of alkyl halides is 1. The van der Waals surface area contributed by atoms with Gasteiger partial charge in [0.2, 0.25) is 10.0 Å². The molecule has 1 N–H and O–H groups in total. The van der Waals surface area contributed by atoms with Gasteiger partial charge in [0.25, 0.3) is 0 Å². The second-order valence-corrected chi connectivity index (χ2v) is 7.24. The quantitative estimate of drug-likeness (QED) is 0.795. The van der Waals surface area contributed by atoms with Crippen molar-refractivity contribution in [1.82, 2.24) is 4.72 Å². The van der Waals surface area contributed by atoms with Crippen molar-refractivity contribution in [1.29, 1.82) is 0 Å². The van der Waals surface area contributed by atoms with E-state index in [1.54, 1.807) is 12.1 Å². The summed E-state index contributed by atoms with van der Waals surface area (Å²) in [6.07, 6.45) is 0.681. The van der Waals surface area contributed by atoms with Gasteiger partial charge in [-0.15, -0.1) is 0 Å². The molecule has 0 saturated heterocycles. The van der Waals surface area contributed by atoms with Gasteiger partial charge in [-0.1, -0.05) is 57.9 Å². The molecular formula is C16H18BrNO2S. The Hall–Kier alpha value is -1.17. The third kappa shape index (κ3) is 4.66. The van der Waals surface area contributed by atoms with E-state index in [0.29, 0.717) is 23.2 Å². The first-order valence-corrected chi connectivity index (χ1v) is 9.32. The van der Waals surface area contributed by atoms with Gasteiger partial charge >= 0.3 is 0 Å². The Morgan fingerprint density at radius 3 is 2.38 bits per heavy atom. The molecule has 2 rings (SSSR count). The first-order valence-electron chi connectivity index (χ1n) is 6.71. The van der Waals surface area contributed by atoms with Crippen molar-refractivity contribution in [2.24, 2.45) is 0 Å². The van der Waals surface area contributed by atoms with Gasteiger partial charge in [0.1, 0.15) is 0 Å². The number of benzene rings is 2. The molecule has 0 aromatic heterocycles. The fourth-order valence-corrected chi connectivity index (χ4v) is 3.44. The molecule has 0 amide bonds. The molecular weight excluding hydrogens is 350 g/mol. The van der Waals surface area contributed by atoms with E-state index >= 15 is 0 Å². The SMILES string of the molecule is Cc1cccc(CCNS(=O)(=O)c2ccc(CBr)cc2)c1. The normalized spacial score (nSPS) is 11.5. The van der Waals surface area contributed by atoms with Crippen LogP contribution in [-0.4, -0.2) is 15.0 Å². The second kappa shape index (κ2) is 7.20. The predicted octanol–water partition coefficient (Wildman–Crippen LogP) is 3.41. The molecule has 0 aliphatic carbocycles. The number of hydrogen-bond donors (Lipinski definition) is 1. The van der Waals surface area contributed by atoms with E-state index in [2.05, 4.69) is 26.7 Å². The maximum Gasteiger partial charge on any atom is 0.240 e. The van der Waals surface area contributed by atoms with Gasteiger partial charge in [-0.3, -0.25) is 0 Å². The van der Waals surface area contributed by atoms with E-state index in [1.807, 2.05) is 37.3 Å². The summed E-state index contributed by atoms with van der Waals surface area (Å²) < 4.78 is 27.0. The summed E-state index contributed by atoms with van der Waals surface area (Å²) in [4.78, 5) is 0.302. The lowest BCUT2D eigenvalue weighted by Crippen LogP contribution is -2.26. The molecule has 3 nitrogen and oxygen atoms in total. The highest BCUT2D eigenvalue weighted by atomic mass is 79.9. The largest absolute Gasteiger partial charge is 0.240 e. The monoisotopic (exact) mass is 367 g/mol. The maximum atomic E-state index is 12.2. The van der Waals surface area contributed by atoms with Crippen LogP contribution in [-0.2, 0) is 21.8 Å². The lowest BCUT2D eigenvalue weighted by atomic mass is 10.1. The van der Waals surface area contributed by atoms with Crippen LogP contribution in [0.1, 0.15) is 16.7 Å². The Morgan fingerprint density at radius 1 is 1.05 bits per heavy atom. The molecule has 0 radical (unpaired) electrons. The van der Waals surface area contributed by atoms with Gasteiger partial charge in [0, 0.05) is 11.9 Å². The van der Waals surface area contributed by atoms with Crippen LogP contribution in [0.3, 0.4) is 0 Å². The van der Waals surface area contributed by atoms with E-state index in [9.17, 15) is 8.42 Å². The van der Waals surface area contributed by atoms with E-state index in [1.165, 1.54) is 5.56 Å². The van der Waals surface area contributed by atoms with Gasteiger partial charge in [0.15, 0.2) is 0 Å². The van der Waals surface area contributed by atoms with Crippen LogP contribution in [0.4, 0.5) is 0 Å². The molecule has 5 heteroatoms. The molecule has 0 atom stereocenters. The first-order chi connectivity index (χ1) is 10.0. The van der Waals surface area contributed by atoms with E-state index in [4.69, 9.17) is 0 Å². The average molecular weight is 368 g/mol. The summed E-state index contributed by atoms with van der Waals surface area (Å²) in [6.45, 7) is 2.42. The Balaban J connectivity index is 1.97. The van der Waals surface area contributed by atoms with Crippen molar-refractivity contribution < 1.29 is 8.42 Å². The first kappa shape index (κ1) is 16.2. The molecule has 2 aromatic rings. The lowest BCUT2D eigenvalue weighted by Gasteiger charge is -2.08. The summed E-state index contributed by atoms with van der Waals surface area (Å²) in [6, 6.07) is 15.0. The molecule has 0 unspecified atom stereocenters. The zero-order valence-electron chi connectivity index (χ0n) is 11.8. The zero-order chi connectivity index (χ0) is 15.3.